The van der Waals surface area contributed by atoms with Crippen molar-refractivity contribution >= 4 is 12.6 Å². The lowest BCUT2D eigenvalue weighted by atomic mass is 10.0. The van der Waals surface area contributed by atoms with Crippen LogP contribution in [0, 0.1) is 0 Å². The van der Waals surface area contributed by atoms with Crippen molar-refractivity contribution in [1.82, 2.24) is 0 Å². The zero-order valence-electron chi connectivity index (χ0n) is 12.1. The molecule has 8 nitrogen and oxygen atoms in total. The Labute approximate surface area is 127 Å². The molecule has 0 radical (unpaired) electrons. The topological polar surface area (TPSA) is 150 Å². The number of aliphatic hydroxyl groups excluding tert-OH is 4. The van der Waals surface area contributed by atoms with Gasteiger partial charge in [-0.05, 0) is 24.3 Å². The SMILES string of the molecule is COc1ccc(C=O)cc1.N[C@@H](C=O)[C@@H](O)[C@H](O)[C@H](O)CO. The van der Waals surface area contributed by atoms with Crippen molar-refractivity contribution in [2.45, 2.75) is 24.4 Å². The molecule has 0 saturated carbocycles. The number of carbonyl (C=O) groups is 2. The molecular formula is C14H21NO7. The fourth-order valence-electron chi connectivity index (χ4n) is 1.33. The summed E-state index contributed by atoms with van der Waals surface area (Å²) in [6.07, 6.45) is -3.62. The van der Waals surface area contributed by atoms with E-state index in [4.69, 9.17) is 30.9 Å². The maximum atomic E-state index is 10.2. The fourth-order valence-corrected chi connectivity index (χ4v) is 1.33. The molecule has 0 spiro atoms. The van der Waals surface area contributed by atoms with Crippen molar-refractivity contribution in [2.75, 3.05) is 13.7 Å². The lowest BCUT2D eigenvalue weighted by Crippen LogP contribution is -2.49. The van der Waals surface area contributed by atoms with Crippen molar-refractivity contribution in [3.8, 4) is 5.75 Å². The largest absolute Gasteiger partial charge is 0.497 e. The van der Waals surface area contributed by atoms with E-state index in [2.05, 4.69) is 0 Å². The highest BCUT2D eigenvalue weighted by Crippen LogP contribution is 2.09. The molecule has 124 valence electrons. The molecule has 0 aliphatic heterocycles. The van der Waals surface area contributed by atoms with Gasteiger partial charge in [0.15, 0.2) is 0 Å². The predicted molar refractivity (Wildman–Crippen MR) is 77.5 cm³/mol. The Morgan fingerprint density at radius 3 is 2.05 bits per heavy atom. The Balaban J connectivity index is 0.000000406. The van der Waals surface area contributed by atoms with Gasteiger partial charge in [-0.25, -0.2) is 0 Å². The third kappa shape index (κ3) is 6.74. The third-order valence-electron chi connectivity index (χ3n) is 2.73. The van der Waals surface area contributed by atoms with Gasteiger partial charge in [-0.1, -0.05) is 0 Å². The average Bonchev–Trinajstić information content (AvgIpc) is 2.59. The van der Waals surface area contributed by atoms with Gasteiger partial charge in [0.1, 0.15) is 36.6 Å². The third-order valence-corrected chi connectivity index (χ3v) is 2.73. The molecule has 1 aromatic carbocycles. The minimum Gasteiger partial charge on any atom is -0.497 e. The zero-order chi connectivity index (χ0) is 17.1. The second-order valence-electron chi connectivity index (χ2n) is 4.34. The molecule has 0 unspecified atom stereocenters. The number of nitrogens with two attached hydrogens (primary N) is 1. The summed E-state index contributed by atoms with van der Waals surface area (Å²) in [4.78, 5) is 20.2. The Bertz CT molecular complexity index is 437. The molecule has 6 N–H and O–H groups in total. The van der Waals surface area contributed by atoms with E-state index >= 15 is 0 Å². The molecule has 0 saturated heterocycles. The monoisotopic (exact) mass is 315 g/mol. The van der Waals surface area contributed by atoms with Gasteiger partial charge in [0.25, 0.3) is 0 Å². The summed E-state index contributed by atoms with van der Waals surface area (Å²) in [7, 11) is 1.59. The van der Waals surface area contributed by atoms with Gasteiger partial charge in [0.2, 0.25) is 0 Å². The fraction of sp³-hybridized carbons (Fsp3) is 0.429. The van der Waals surface area contributed by atoms with E-state index in [1.165, 1.54) is 0 Å². The summed E-state index contributed by atoms with van der Waals surface area (Å²) in [5.74, 6) is 0.769. The number of hydrogen-bond donors (Lipinski definition) is 5. The van der Waals surface area contributed by atoms with Crippen molar-refractivity contribution in [2.24, 2.45) is 5.73 Å². The van der Waals surface area contributed by atoms with E-state index in [-0.39, 0.29) is 6.29 Å². The van der Waals surface area contributed by atoms with Crippen molar-refractivity contribution in [3.05, 3.63) is 29.8 Å². The highest BCUT2D eigenvalue weighted by molar-refractivity contribution is 5.74. The zero-order valence-corrected chi connectivity index (χ0v) is 12.1. The summed E-state index contributed by atoms with van der Waals surface area (Å²) in [5, 5.41) is 35.2. The van der Waals surface area contributed by atoms with Crippen LogP contribution in [-0.4, -0.2) is 71.1 Å². The molecule has 0 amide bonds. The Kier molecular flexibility index (Phi) is 9.92. The summed E-state index contributed by atoms with van der Waals surface area (Å²) in [5.41, 5.74) is 5.71. The normalized spacial score (nSPS) is 15.5. The second-order valence-corrected chi connectivity index (χ2v) is 4.34. The highest BCUT2D eigenvalue weighted by atomic mass is 16.5. The Morgan fingerprint density at radius 2 is 1.68 bits per heavy atom. The first kappa shape index (κ1) is 20.2. The Hall–Kier alpha value is -1.84. The van der Waals surface area contributed by atoms with Crippen LogP contribution in [0.2, 0.25) is 0 Å². The minimum atomic E-state index is -1.62. The number of methoxy groups -OCH3 is 1. The quantitative estimate of drug-likeness (QED) is 0.366. The van der Waals surface area contributed by atoms with Gasteiger partial charge in [-0.15, -0.1) is 0 Å². The van der Waals surface area contributed by atoms with Crippen LogP contribution in [0.4, 0.5) is 0 Å². The van der Waals surface area contributed by atoms with E-state index in [1.807, 2.05) is 0 Å². The first-order valence-corrected chi connectivity index (χ1v) is 6.36. The lowest BCUT2D eigenvalue weighted by Gasteiger charge is -2.23. The van der Waals surface area contributed by atoms with Crippen molar-refractivity contribution < 1.29 is 34.8 Å². The van der Waals surface area contributed by atoms with Crippen LogP contribution in [0.25, 0.3) is 0 Å². The number of aldehydes is 2. The van der Waals surface area contributed by atoms with E-state index in [1.54, 1.807) is 31.4 Å². The average molecular weight is 315 g/mol. The smallest absolute Gasteiger partial charge is 0.150 e. The van der Waals surface area contributed by atoms with Gasteiger partial charge in [-0.3, -0.25) is 4.79 Å². The Morgan fingerprint density at radius 1 is 1.14 bits per heavy atom. The van der Waals surface area contributed by atoms with Crippen LogP contribution in [0.5, 0.6) is 5.75 Å². The van der Waals surface area contributed by atoms with Gasteiger partial charge < -0.3 is 35.7 Å². The molecule has 8 heteroatoms. The number of hydrogen-bond acceptors (Lipinski definition) is 8. The first-order chi connectivity index (χ1) is 10.4. The summed E-state index contributed by atoms with van der Waals surface area (Å²) in [6.45, 7) is -0.705. The number of carbonyl (C=O) groups excluding carboxylic acids is 2. The van der Waals surface area contributed by atoms with Crippen LogP contribution < -0.4 is 10.5 Å². The molecule has 1 rings (SSSR count). The van der Waals surface area contributed by atoms with Crippen LogP contribution >= 0.6 is 0 Å². The van der Waals surface area contributed by atoms with Crippen LogP contribution in [0.1, 0.15) is 10.4 Å². The second kappa shape index (κ2) is 10.8. The molecule has 22 heavy (non-hydrogen) atoms. The summed E-state index contributed by atoms with van der Waals surface area (Å²) < 4.78 is 4.90. The van der Waals surface area contributed by atoms with Gasteiger partial charge in [-0.2, -0.15) is 0 Å². The van der Waals surface area contributed by atoms with Crippen molar-refractivity contribution in [3.63, 3.8) is 0 Å². The molecule has 0 bridgehead atoms. The number of ether oxygens (including phenoxy) is 1. The van der Waals surface area contributed by atoms with E-state index in [0.717, 1.165) is 12.0 Å². The lowest BCUT2D eigenvalue weighted by molar-refractivity contribution is -0.118. The van der Waals surface area contributed by atoms with Crippen molar-refractivity contribution in [1.29, 1.82) is 0 Å². The molecule has 0 aliphatic rings. The van der Waals surface area contributed by atoms with E-state index in [9.17, 15) is 9.59 Å². The molecule has 1 aromatic rings. The minimum absolute atomic E-state index is 0.248. The summed E-state index contributed by atoms with van der Waals surface area (Å²) in [6, 6.07) is 5.67. The summed E-state index contributed by atoms with van der Waals surface area (Å²) >= 11 is 0. The molecule has 0 fully saturated rings. The molecule has 4 atom stereocenters. The van der Waals surface area contributed by atoms with Gasteiger partial charge >= 0.3 is 0 Å². The number of benzene rings is 1. The van der Waals surface area contributed by atoms with Gasteiger partial charge in [0, 0.05) is 5.56 Å². The molecule has 0 heterocycles. The predicted octanol–water partition coefficient (Wildman–Crippen LogP) is -1.90. The number of rotatable bonds is 7. The van der Waals surface area contributed by atoms with Crippen LogP contribution in [-0.2, 0) is 4.79 Å². The van der Waals surface area contributed by atoms with E-state index in [0.29, 0.717) is 5.56 Å². The number of aliphatic hydroxyl groups is 4. The van der Waals surface area contributed by atoms with Crippen LogP contribution in [0.15, 0.2) is 24.3 Å². The maximum Gasteiger partial charge on any atom is 0.150 e. The molecule has 0 aliphatic carbocycles. The molecular weight excluding hydrogens is 294 g/mol. The maximum absolute atomic E-state index is 10.2. The van der Waals surface area contributed by atoms with Gasteiger partial charge in [0.05, 0.1) is 19.8 Å². The first-order valence-electron chi connectivity index (χ1n) is 6.36. The van der Waals surface area contributed by atoms with E-state index < -0.39 is 31.0 Å². The highest BCUT2D eigenvalue weighted by Gasteiger charge is 2.28. The van der Waals surface area contributed by atoms with Crippen LogP contribution in [0.3, 0.4) is 0 Å². The molecule has 0 aromatic heterocycles. The standard InChI is InChI=1S/C8H8O2.C6H13NO5/c1-10-8-4-2-7(6-9)3-5-8;7-3(1-8)5(11)6(12)4(10)2-9/h2-6H,1H3;1,3-6,9-12H,2,7H2/t;3-,4+,5+,6+/m.0/s1.